The fraction of sp³-hybridized carbons (Fsp3) is 0.824. The first-order chi connectivity index (χ1) is 11.6. The highest BCUT2D eigenvalue weighted by Crippen LogP contribution is 2.17. The fourth-order valence-corrected chi connectivity index (χ4v) is 3.26. The van der Waals surface area contributed by atoms with Crippen LogP contribution in [0, 0.1) is 5.92 Å². The Hall–Kier alpha value is -1.63. The number of nitrogens with zero attached hydrogens (tertiary/aromatic N) is 2. The molecule has 24 heavy (non-hydrogen) atoms. The van der Waals surface area contributed by atoms with Crippen LogP contribution in [-0.4, -0.2) is 73.3 Å². The second-order valence-electron chi connectivity index (χ2n) is 6.71. The zero-order chi connectivity index (χ0) is 17.4. The molecule has 2 heterocycles. The number of carbonyl (C=O) groups excluding carboxylic acids is 3. The maximum Gasteiger partial charge on any atom is 0.241 e. The number of amides is 3. The van der Waals surface area contributed by atoms with Gasteiger partial charge in [0.25, 0.3) is 0 Å². The Morgan fingerprint density at radius 1 is 1.00 bits per heavy atom. The molecule has 2 aliphatic heterocycles. The van der Waals surface area contributed by atoms with Gasteiger partial charge in [-0.2, -0.15) is 0 Å². The second kappa shape index (κ2) is 9.61. The van der Waals surface area contributed by atoms with E-state index in [4.69, 9.17) is 0 Å². The molecule has 0 aromatic carbocycles. The summed E-state index contributed by atoms with van der Waals surface area (Å²) in [5.74, 6) is 0.0911. The summed E-state index contributed by atoms with van der Waals surface area (Å²) < 4.78 is 0. The summed E-state index contributed by atoms with van der Waals surface area (Å²) >= 11 is 0. The minimum Gasteiger partial charge on any atom is -0.356 e. The van der Waals surface area contributed by atoms with Gasteiger partial charge in [-0.1, -0.05) is 6.92 Å². The molecule has 0 spiro atoms. The van der Waals surface area contributed by atoms with Crippen molar-refractivity contribution < 1.29 is 14.4 Å². The summed E-state index contributed by atoms with van der Waals surface area (Å²) in [6, 6.07) is 0. The maximum absolute atomic E-state index is 12.0. The van der Waals surface area contributed by atoms with E-state index in [0.29, 0.717) is 6.54 Å². The third-order valence-corrected chi connectivity index (χ3v) is 4.77. The molecule has 3 amide bonds. The van der Waals surface area contributed by atoms with E-state index in [1.54, 1.807) is 4.90 Å². The van der Waals surface area contributed by atoms with E-state index < -0.39 is 0 Å². The largest absolute Gasteiger partial charge is 0.356 e. The van der Waals surface area contributed by atoms with Gasteiger partial charge in [-0.15, -0.1) is 0 Å². The van der Waals surface area contributed by atoms with Crippen molar-refractivity contribution in [2.45, 2.75) is 39.0 Å². The van der Waals surface area contributed by atoms with Crippen molar-refractivity contribution in [3.05, 3.63) is 0 Å². The highest BCUT2D eigenvalue weighted by atomic mass is 16.2. The maximum atomic E-state index is 12.0. The van der Waals surface area contributed by atoms with E-state index in [-0.39, 0.29) is 30.2 Å². The summed E-state index contributed by atoms with van der Waals surface area (Å²) in [6.45, 7) is 6.27. The predicted octanol–water partition coefficient (Wildman–Crippen LogP) is -0.0368. The van der Waals surface area contributed by atoms with E-state index in [0.717, 1.165) is 64.8 Å². The SMILES string of the molecule is CCCNC(=O)C1CCN(CC(=O)NCC(=O)N2CCCC2)CC1. The first-order valence-electron chi connectivity index (χ1n) is 9.14. The standard InChI is InChI=1S/C17H30N4O3/c1-2-7-18-17(24)14-5-10-20(11-6-14)13-15(22)19-12-16(23)21-8-3-4-9-21/h14H,2-13H2,1H3,(H,18,24)(H,19,22). The van der Waals surface area contributed by atoms with Crippen LogP contribution in [0.3, 0.4) is 0 Å². The molecular formula is C17H30N4O3. The first kappa shape index (κ1) is 18.7. The lowest BCUT2D eigenvalue weighted by molar-refractivity contribution is -0.132. The zero-order valence-corrected chi connectivity index (χ0v) is 14.7. The Kier molecular flexibility index (Phi) is 7.49. The summed E-state index contributed by atoms with van der Waals surface area (Å²) in [5.41, 5.74) is 0. The molecule has 0 atom stereocenters. The van der Waals surface area contributed by atoms with Crippen LogP contribution in [0.5, 0.6) is 0 Å². The van der Waals surface area contributed by atoms with Crippen LogP contribution in [0.1, 0.15) is 39.0 Å². The van der Waals surface area contributed by atoms with Crippen LogP contribution >= 0.6 is 0 Å². The molecule has 7 heteroatoms. The molecule has 2 aliphatic rings. The van der Waals surface area contributed by atoms with Crippen molar-refractivity contribution in [2.75, 3.05) is 45.8 Å². The summed E-state index contributed by atoms with van der Waals surface area (Å²) in [7, 11) is 0. The molecule has 0 bridgehead atoms. The van der Waals surface area contributed by atoms with Crippen molar-refractivity contribution in [3.63, 3.8) is 0 Å². The lowest BCUT2D eigenvalue weighted by atomic mass is 9.96. The molecule has 0 unspecified atom stereocenters. The Bertz CT molecular complexity index is 441. The Morgan fingerprint density at radius 2 is 1.67 bits per heavy atom. The number of carbonyl (C=O) groups is 3. The highest BCUT2D eigenvalue weighted by molar-refractivity contribution is 5.85. The molecule has 0 aliphatic carbocycles. The summed E-state index contributed by atoms with van der Waals surface area (Å²) in [6.07, 6.45) is 4.63. The van der Waals surface area contributed by atoms with E-state index in [1.807, 2.05) is 6.92 Å². The van der Waals surface area contributed by atoms with Crippen LogP contribution < -0.4 is 10.6 Å². The number of hydrogen-bond acceptors (Lipinski definition) is 4. The third-order valence-electron chi connectivity index (χ3n) is 4.77. The van der Waals surface area contributed by atoms with Crippen molar-refractivity contribution >= 4 is 17.7 Å². The summed E-state index contributed by atoms with van der Waals surface area (Å²) in [4.78, 5) is 39.7. The average molecular weight is 338 g/mol. The first-order valence-corrected chi connectivity index (χ1v) is 9.14. The van der Waals surface area contributed by atoms with Gasteiger partial charge in [0, 0.05) is 25.6 Å². The summed E-state index contributed by atoms with van der Waals surface area (Å²) in [5, 5.41) is 5.66. The van der Waals surface area contributed by atoms with E-state index in [9.17, 15) is 14.4 Å². The molecule has 136 valence electrons. The van der Waals surface area contributed by atoms with Gasteiger partial charge < -0.3 is 15.5 Å². The minimum absolute atomic E-state index is 0.00662. The Balaban J connectivity index is 1.61. The van der Waals surface area contributed by atoms with Crippen LogP contribution in [0.4, 0.5) is 0 Å². The third kappa shape index (κ3) is 5.78. The average Bonchev–Trinajstić information content (AvgIpc) is 3.13. The molecule has 2 rings (SSSR count). The fourth-order valence-electron chi connectivity index (χ4n) is 3.26. The molecule has 0 radical (unpaired) electrons. The quantitative estimate of drug-likeness (QED) is 0.683. The second-order valence-corrected chi connectivity index (χ2v) is 6.71. The topological polar surface area (TPSA) is 81.8 Å². The van der Waals surface area contributed by atoms with Crippen molar-refractivity contribution in [1.82, 2.24) is 20.4 Å². The van der Waals surface area contributed by atoms with Crippen molar-refractivity contribution in [2.24, 2.45) is 5.92 Å². The van der Waals surface area contributed by atoms with E-state index in [2.05, 4.69) is 15.5 Å². The van der Waals surface area contributed by atoms with Gasteiger partial charge >= 0.3 is 0 Å². The van der Waals surface area contributed by atoms with Crippen LogP contribution in [0.15, 0.2) is 0 Å². The molecule has 7 nitrogen and oxygen atoms in total. The van der Waals surface area contributed by atoms with Gasteiger partial charge in [0.2, 0.25) is 17.7 Å². The van der Waals surface area contributed by atoms with E-state index >= 15 is 0 Å². The van der Waals surface area contributed by atoms with Crippen molar-refractivity contribution in [1.29, 1.82) is 0 Å². The van der Waals surface area contributed by atoms with Gasteiger partial charge in [0.15, 0.2) is 0 Å². The molecule has 2 saturated heterocycles. The zero-order valence-electron chi connectivity index (χ0n) is 14.7. The van der Waals surface area contributed by atoms with Crippen LogP contribution in [-0.2, 0) is 14.4 Å². The molecule has 2 N–H and O–H groups in total. The van der Waals surface area contributed by atoms with Gasteiger partial charge in [-0.3, -0.25) is 19.3 Å². The van der Waals surface area contributed by atoms with Gasteiger partial charge in [-0.05, 0) is 45.2 Å². The number of likely N-dealkylation sites (tertiary alicyclic amines) is 2. The van der Waals surface area contributed by atoms with E-state index in [1.165, 1.54) is 0 Å². The number of piperidine rings is 1. The molecule has 0 saturated carbocycles. The van der Waals surface area contributed by atoms with Crippen LogP contribution in [0.2, 0.25) is 0 Å². The monoisotopic (exact) mass is 338 g/mol. The normalized spacial score (nSPS) is 19.3. The highest BCUT2D eigenvalue weighted by Gasteiger charge is 2.26. The predicted molar refractivity (Wildman–Crippen MR) is 91.3 cm³/mol. The van der Waals surface area contributed by atoms with Gasteiger partial charge in [0.1, 0.15) is 0 Å². The molecular weight excluding hydrogens is 308 g/mol. The lowest BCUT2D eigenvalue weighted by Crippen LogP contribution is -2.46. The number of nitrogens with one attached hydrogen (secondary N) is 2. The van der Waals surface area contributed by atoms with Crippen LogP contribution in [0.25, 0.3) is 0 Å². The lowest BCUT2D eigenvalue weighted by Gasteiger charge is -2.30. The molecule has 0 aromatic heterocycles. The van der Waals surface area contributed by atoms with Gasteiger partial charge in [0.05, 0.1) is 13.1 Å². The number of rotatable bonds is 7. The van der Waals surface area contributed by atoms with Gasteiger partial charge in [-0.25, -0.2) is 0 Å². The Labute approximate surface area is 144 Å². The smallest absolute Gasteiger partial charge is 0.241 e. The molecule has 2 fully saturated rings. The van der Waals surface area contributed by atoms with Crippen molar-refractivity contribution in [3.8, 4) is 0 Å². The molecule has 0 aromatic rings. The minimum atomic E-state index is -0.114. The Morgan fingerprint density at radius 3 is 2.29 bits per heavy atom. The number of hydrogen-bond donors (Lipinski definition) is 2.